The van der Waals surface area contributed by atoms with Crippen molar-refractivity contribution in [2.24, 2.45) is 0 Å². The summed E-state index contributed by atoms with van der Waals surface area (Å²) in [6.07, 6.45) is 1.27. The first kappa shape index (κ1) is 17.1. The van der Waals surface area contributed by atoms with Gasteiger partial charge in [0.25, 0.3) is 0 Å². The number of hydrogen-bond donors (Lipinski definition) is 2. The maximum atomic E-state index is 13.3. The zero-order valence-electron chi connectivity index (χ0n) is 13.0. The van der Waals surface area contributed by atoms with Crippen LogP contribution >= 0.6 is 0 Å². The Hall–Kier alpha value is -0.970. The van der Waals surface area contributed by atoms with E-state index in [1.807, 2.05) is 21.0 Å². The Morgan fingerprint density at radius 1 is 1.35 bits per heavy atom. The van der Waals surface area contributed by atoms with E-state index in [2.05, 4.69) is 10.2 Å². The molecule has 0 aliphatic carbocycles. The maximum absolute atomic E-state index is 13.3. The molecule has 0 amide bonds. The number of aryl methyl sites for hydroxylation is 1. The van der Waals surface area contributed by atoms with Crippen molar-refractivity contribution >= 4 is 0 Å². The fourth-order valence-electron chi connectivity index (χ4n) is 2.25. The standard InChI is InChI=1S/C16H27FN2O/c1-5-15(18-9-6-10-19(3)4)16(20)13-7-8-14(17)12(2)11-13/h7-8,11,15-16,18,20H,5-6,9-10H2,1-4H3. The van der Waals surface area contributed by atoms with Crippen molar-refractivity contribution in [3.8, 4) is 0 Å². The van der Waals surface area contributed by atoms with Gasteiger partial charge in [-0.3, -0.25) is 0 Å². The van der Waals surface area contributed by atoms with Gasteiger partial charge < -0.3 is 15.3 Å². The van der Waals surface area contributed by atoms with E-state index < -0.39 is 6.10 Å². The molecule has 2 atom stereocenters. The van der Waals surface area contributed by atoms with Crippen molar-refractivity contribution in [3.63, 3.8) is 0 Å². The number of hydrogen-bond acceptors (Lipinski definition) is 3. The number of nitrogens with zero attached hydrogens (tertiary/aromatic N) is 1. The average Bonchev–Trinajstić information content (AvgIpc) is 2.41. The highest BCUT2D eigenvalue weighted by atomic mass is 19.1. The van der Waals surface area contributed by atoms with Gasteiger partial charge in [0.15, 0.2) is 0 Å². The molecule has 0 spiro atoms. The minimum Gasteiger partial charge on any atom is -0.387 e. The number of aliphatic hydroxyl groups excluding tert-OH is 1. The fourth-order valence-corrected chi connectivity index (χ4v) is 2.25. The summed E-state index contributed by atoms with van der Waals surface area (Å²) in [5, 5.41) is 13.8. The first-order chi connectivity index (χ1) is 9.45. The van der Waals surface area contributed by atoms with E-state index in [0.29, 0.717) is 5.56 Å². The van der Waals surface area contributed by atoms with Gasteiger partial charge in [-0.2, -0.15) is 0 Å². The van der Waals surface area contributed by atoms with Crippen LogP contribution in [0.2, 0.25) is 0 Å². The quantitative estimate of drug-likeness (QED) is 0.719. The monoisotopic (exact) mass is 282 g/mol. The first-order valence-electron chi connectivity index (χ1n) is 7.28. The van der Waals surface area contributed by atoms with Gasteiger partial charge in [-0.25, -0.2) is 4.39 Å². The fraction of sp³-hybridized carbons (Fsp3) is 0.625. The lowest BCUT2D eigenvalue weighted by Gasteiger charge is -2.24. The van der Waals surface area contributed by atoms with Crippen LogP contribution in [0.4, 0.5) is 4.39 Å². The van der Waals surface area contributed by atoms with Crippen LogP contribution in [0.15, 0.2) is 18.2 Å². The largest absolute Gasteiger partial charge is 0.387 e. The third kappa shape index (κ3) is 5.19. The van der Waals surface area contributed by atoms with Crippen LogP contribution < -0.4 is 5.32 Å². The average molecular weight is 282 g/mol. The molecule has 3 nitrogen and oxygen atoms in total. The molecule has 0 fully saturated rings. The molecule has 0 bridgehead atoms. The number of aliphatic hydroxyl groups is 1. The lowest BCUT2D eigenvalue weighted by atomic mass is 9.98. The second kappa shape index (κ2) is 8.35. The second-order valence-corrected chi connectivity index (χ2v) is 5.58. The van der Waals surface area contributed by atoms with Crippen molar-refractivity contribution in [2.45, 2.75) is 38.8 Å². The van der Waals surface area contributed by atoms with Gasteiger partial charge in [0, 0.05) is 6.04 Å². The summed E-state index contributed by atoms with van der Waals surface area (Å²) >= 11 is 0. The van der Waals surface area contributed by atoms with Crippen molar-refractivity contribution in [3.05, 3.63) is 35.1 Å². The van der Waals surface area contributed by atoms with Crippen LogP contribution in [-0.2, 0) is 0 Å². The Kier molecular flexibility index (Phi) is 7.13. The summed E-state index contributed by atoms with van der Waals surface area (Å²) in [6, 6.07) is 4.82. The molecule has 0 saturated heterocycles. The summed E-state index contributed by atoms with van der Waals surface area (Å²) in [5.41, 5.74) is 1.35. The van der Waals surface area contributed by atoms with E-state index in [4.69, 9.17) is 0 Å². The van der Waals surface area contributed by atoms with E-state index in [-0.39, 0.29) is 11.9 Å². The smallest absolute Gasteiger partial charge is 0.126 e. The van der Waals surface area contributed by atoms with Gasteiger partial charge in [-0.05, 0) is 64.1 Å². The third-order valence-electron chi connectivity index (χ3n) is 3.53. The molecule has 1 aromatic carbocycles. The van der Waals surface area contributed by atoms with E-state index >= 15 is 0 Å². The first-order valence-corrected chi connectivity index (χ1v) is 7.28. The van der Waals surface area contributed by atoms with E-state index in [0.717, 1.165) is 31.5 Å². The summed E-state index contributed by atoms with van der Waals surface area (Å²) in [4.78, 5) is 2.14. The molecule has 0 aliphatic heterocycles. The van der Waals surface area contributed by atoms with Crippen LogP contribution in [0.1, 0.15) is 37.0 Å². The topological polar surface area (TPSA) is 35.5 Å². The summed E-state index contributed by atoms with van der Waals surface area (Å²) in [6.45, 7) is 5.66. The van der Waals surface area contributed by atoms with Crippen molar-refractivity contribution in [2.75, 3.05) is 27.2 Å². The molecule has 0 saturated carbocycles. The normalized spacial score (nSPS) is 14.6. The Bertz CT molecular complexity index is 409. The minimum atomic E-state index is -0.598. The Labute approximate surface area is 121 Å². The van der Waals surface area contributed by atoms with Gasteiger partial charge in [0.05, 0.1) is 6.10 Å². The molecule has 20 heavy (non-hydrogen) atoms. The van der Waals surface area contributed by atoms with Crippen LogP contribution in [0.25, 0.3) is 0 Å². The zero-order valence-corrected chi connectivity index (χ0v) is 13.0. The summed E-state index contributed by atoms with van der Waals surface area (Å²) in [7, 11) is 4.10. The SMILES string of the molecule is CCC(NCCCN(C)C)C(O)c1ccc(F)c(C)c1. The Balaban J connectivity index is 2.57. The zero-order chi connectivity index (χ0) is 15.1. The molecule has 1 rings (SSSR count). The predicted octanol–water partition coefficient (Wildman–Crippen LogP) is 2.49. The molecular weight excluding hydrogens is 255 g/mol. The van der Waals surface area contributed by atoms with Gasteiger partial charge in [-0.1, -0.05) is 19.1 Å². The van der Waals surface area contributed by atoms with Gasteiger partial charge in [0.2, 0.25) is 0 Å². The van der Waals surface area contributed by atoms with Crippen LogP contribution in [-0.4, -0.2) is 43.2 Å². The number of nitrogens with one attached hydrogen (secondary N) is 1. The van der Waals surface area contributed by atoms with Gasteiger partial charge in [0.1, 0.15) is 5.82 Å². The predicted molar refractivity (Wildman–Crippen MR) is 81.3 cm³/mol. The van der Waals surface area contributed by atoms with Gasteiger partial charge >= 0.3 is 0 Å². The van der Waals surface area contributed by atoms with E-state index in [9.17, 15) is 9.50 Å². The van der Waals surface area contributed by atoms with Crippen LogP contribution in [0.3, 0.4) is 0 Å². The van der Waals surface area contributed by atoms with E-state index in [1.165, 1.54) is 6.07 Å². The third-order valence-corrected chi connectivity index (χ3v) is 3.53. The van der Waals surface area contributed by atoms with Crippen molar-refractivity contribution in [1.29, 1.82) is 0 Å². The minimum absolute atomic E-state index is 0.00187. The highest BCUT2D eigenvalue weighted by Crippen LogP contribution is 2.21. The molecule has 0 heterocycles. The molecule has 0 aliphatic rings. The number of benzene rings is 1. The lowest BCUT2D eigenvalue weighted by molar-refractivity contribution is 0.125. The highest BCUT2D eigenvalue weighted by Gasteiger charge is 2.19. The maximum Gasteiger partial charge on any atom is 0.126 e. The highest BCUT2D eigenvalue weighted by molar-refractivity contribution is 5.26. The summed E-state index contributed by atoms with van der Waals surface area (Å²) in [5.74, 6) is -0.229. The molecule has 2 N–H and O–H groups in total. The van der Waals surface area contributed by atoms with Crippen molar-refractivity contribution < 1.29 is 9.50 Å². The molecular formula is C16H27FN2O. The van der Waals surface area contributed by atoms with E-state index in [1.54, 1.807) is 19.1 Å². The Morgan fingerprint density at radius 2 is 2.05 bits per heavy atom. The van der Waals surface area contributed by atoms with Gasteiger partial charge in [-0.15, -0.1) is 0 Å². The summed E-state index contributed by atoms with van der Waals surface area (Å²) < 4.78 is 13.3. The number of halogens is 1. The number of rotatable bonds is 8. The molecule has 4 heteroatoms. The molecule has 2 unspecified atom stereocenters. The molecule has 114 valence electrons. The molecule has 1 aromatic rings. The second-order valence-electron chi connectivity index (χ2n) is 5.58. The van der Waals surface area contributed by atoms with Crippen molar-refractivity contribution in [1.82, 2.24) is 10.2 Å². The molecule has 0 radical (unpaired) electrons. The lowest BCUT2D eigenvalue weighted by Crippen LogP contribution is -2.36. The van der Waals surface area contributed by atoms with Crippen LogP contribution in [0, 0.1) is 12.7 Å². The Morgan fingerprint density at radius 3 is 2.60 bits per heavy atom. The molecule has 0 aromatic heterocycles. The van der Waals surface area contributed by atoms with Crippen LogP contribution in [0.5, 0.6) is 0 Å².